The van der Waals surface area contributed by atoms with E-state index in [1.54, 1.807) is 20.3 Å². The van der Waals surface area contributed by atoms with Crippen LogP contribution in [-0.4, -0.2) is 53.6 Å². The van der Waals surface area contributed by atoms with Crippen LogP contribution in [0.5, 0.6) is 11.5 Å². The third-order valence-electron chi connectivity index (χ3n) is 4.14. The summed E-state index contributed by atoms with van der Waals surface area (Å²) in [5.41, 5.74) is 1.41. The summed E-state index contributed by atoms with van der Waals surface area (Å²) < 4.78 is 20.8. The highest BCUT2D eigenvalue weighted by Gasteiger charge is 2.20. The molecule has 1 aromatic rings. The summed E-state index contributed by atoms with van der Waals surface area (Å²) in [7, 11) is 4.66. The van der Waals surface area contributed by atoms with Crippen molar-refractivity contribution in [1.82, 2.24) is 0 Å². The molecule has 0 radical (unpaired) electrons. The number of benzene rings is 1. The normalized spacial score (nSPS) is 14.1. The van der Waals surface area contributed by atoms with E-state index >= 15 is 0 Å². The van der Waals surface area contributed by atoms with Crippen LogP contribution in [0.3, 0.4) is 0 Å². The molecule has 1 aliphatic rings. The molecule has 0 unspecified atom stereocenters. The number of carbonyl (C=O) groups is 1. The lowest BCUT2D eigenvalue weighted by Crippen LogP contribution is -2.18. The van der Waals surface area contributed by atoms with Crippen molar-refractivity contribution in [2.45, 2.75) is 12.8 Å². The first-order valence-corrected chi connectivity index (χ1v) is 8.43. The lowest BCUT2D eigenvalue weighted by Gasteiger charge is -2.22. The quantitative estimate of drug-likeness (QED) is 0.305. The number of rotatable bonds is 8. The molecule has 7 nitrogen and oxygen atoms in total. The third-order valence-corrected chi connectivity index (χ3v) is 4.14. The van der Waals surface area contributed by atoms with Crippen molar-refractivity contribution in [3.8, 4) is 17.6 Å². The van der Waals surface area contributed by atoms with Crippen molar-refractivity contribution in [3.63, 3.8) is 0 Å². The maximum absolute atomic E-state index is 12.0. The lowest BCUT2D eigenvalue weighted by atomic mass is 10.1. The van der Waals surface area contributed by atoms with Crippen LogP contribution in [0.25, 0.3) is 6.08 Å². The number of hydrogen-bond donors (Lipinski definition) is 0. The zero-order chi connectivity index (χ0) is 18.9. The Labute approximate surface area is 153 Å². The Hall–Kier alpha value is -2.72. The number of nitriles is 1. The van der Waals surface area contributed by atoms with Gasteiger partial charge in [-0.2, -0.15) is 5.26 Å². The van der Waals surface area contributed by atoms with Gasteiger partial charge >= 0.3 is 5.97 Å². The maximum atomic E-state index is 12.0. The SMILES string of the molecule is COCCOC(=O)/C(C#N)=C/c1cc(OC)c(N2CCCC2)cc1OC. The molecule has 1 fully saturated rings. The Bertz CT molecular complexity index is 703. The number of hydrogen-bond acceptors (Lipinski definition) is 7. The van der Waals surface area contributed by atoms with E-state index in [9.17, 15) is 10.1 Å². The molecule has 0 aromatic heterocycles. The van der Waals surface area contributed by atoms with Crippen molar-refractivity contribution in [2.75, 3.05) is 52.5 Å². The molecule has 7 heteroatoms. The van der Waals surface area contributed by atoms with Crippen LogP contribution in [-0.2, 0) is 14.3 Å². The van der Waals surface area contributed by atoms with Gasteiger partial charge in [0.25, 0.3) is 0 Å². The topological polar surface area (TPSA) is 81.0 Å². The second-order valence-electron chi connectivity index (χ2n) is 5.76. The molecule has 140 valence electrons. The zero-order valence-corrected chi connectivity index (χ0v) is 15.4. The van der Waals surface area contributed by atoms with Crippen molar-refractivity contribution in [1.29, 1.82) is 5.26 Å². The summed E-state index contributed by atoms with van der Waals surface area (Å²) >= 11 is 0. The Kier molecular flexibility index (Phi) is 7.30. The van der Waals surface area contributed by atoms with Crippen molar-refractivity contribution < 1.29 is 23.7 Å². The van der Waals surface area contributed by atoms with Crippen LogP contribution in [0.1, 0.15) is 18.4 Å². The Morgan fingerprint density at radius 1 is 1.15 bits per heavy atom. The molecule has 0 atom stereocenters. The predicted molar refractivity (Wildman–Crippen MR) is 97.4 cm³/mol. The predicted octanol–water partition coefficient (Wildman–Crippen LogP) is 2.40. The third kappa shape index (κ3) is 4.67. The Morgan fingerprint density at radius 2 is 1.85 bits per heavy atom. The summed E-state index contributed by atoms with van der Waals surface area (Å²) in [6.07, 6.45) is 3.72. The second kappa shape index (κ2) is 9.68. The highest BCUT2D eigenvalue weighted by molar-refractivity contribution is 5.98. The van der Waals surface area contributed by atoms with Gasteiger partial charge in [0.1, 0.15) is 29.7 Å². The van der Waals surface area contributed by atoms with E-state index in [1.165, 1.54) is 13.2 Å². The summed E-state index contributed by atoms with van der Waals surface area (Å²) in [6.45, 7) is 2.28. The minimum atomic E-state index is -0.700. The molecular formula is C19H24N2O5. The number of ether oxygens (including phenoxy) is 4. The standard InChI is InChI=1S/C19H24N2O5/c1-23-8-9-26-19(22)15(13-20)10-14-11-18(25-3)16(12-17(14)24-2)21-6-4-5-7-21/h10-12H,4-9H2,1-3H3/b15-10+. The number of esters is 1. The van der Waals surface area contributed by atoms with E-state index < -0.39 is 5.97 Å². The van der Waals surface area contributed by atoms with Crippen molar-refractivity contribution >= 4 is 17.7 Å². The molecule has 0 saturated carbocycles. The molecule has 1 aromatic carbocycles. The van der Waals surface area contributed by atoms with E-state index in [1.807, 2.05) is 12.1 Å². The van der Waals surface area contributed by atoms with Crippen LogP contribution in [0, 0.1) is 11.3 Å². The van der Waals surface area contributed by atoms with Gasteiger partial charge in [0.15, 0.2) is 0 Å². The highest BCUT2D eigenvalue weighted by Crippen LogP contribution is 2.38. The van der Waals surface area contributed by atoms with Crippen molar-refractivity contribution in [2.24, 2.45) is 0 Å². The minimum absolute atomic E-state index is 0.0860. The van der Waals surface area contributed by atoms with Crippen LogP contribution >= 0.6 is 0 Å². The molecule has 1 saturated heterocycles. The number of carbonyl (C=O) groups excluding carboxylic acids is 1. The molecule has 1 heterocycles. The molecule has 0 aliphatic carbocycles. The molecule has 26 heavy (non-hydrogen) atoms. The molecule has 2 rings (SSSR count). The van der Waals surface area contributed by atoms with Crippen LogP contribution < -0.4 is 14.4 Å². The molecule has 1 aliphatic heterocycles. The largest absolute Gasteiger partial charge is 0.496 e. The van der Waals surface area contributed by atoms with E-state index in [0.717, 1.165) is 31.6 Å². The Balaban J connectivity index is 2.34. The first-order chi connectivity index (χ1) is 12.6. The molecular weight excluding hydrogens is 336 g/mol. The summed E-state index contributed by atoms with van der Waals surface area (Å²) in [5.74, 6) is 0.531. The van der Waals surface area contributed by atoms with E-state index in [4.69, 9.17) is 18.9 Å². The zero-order valence-electron chi connectivity index (χ0n) is 15.4. The summed E-state index contributed by atoms with van der Waals surface area (Å²) in [5, 5.41) is 9.30. The maximum Gasteiger partial charge on any atom is 0.348 e. The minimum Gasteiger partial charge on any atom is -0.496 e. The van der Waals surface area contributed by atoms with Gasteiger partial charge < -0.3 is 23.8 Å². The monoisotopic (exact) mass is 360 g/mol. The molecule has 0 bridgehead atoms. The number of methoxy groups -OCH3 is 3. The Morgan fingerprint density at radius 3 is 2.42 bits per heavy atom. The van der Waals surface area contributed by atoms with Crippen LogP contribution in [0.2, 0.25) is 0 Å². The second-order valence-corrected chi connectivity index (χ2v) is 5.76. The van der Waals surface area contributed by atoms with Gasteiger partial charge in [-0.05, 0) is 25.0 Å². The van der Waals surface area contributed by atoms with Crippen molar-refractivity contribution in [3.05, 3.63) is 23.3 Å². The fourth-order valence-corrected chi connectivity index (χ4v) is 2.81. The highest BCUT2D eigenvalue weighted by atomic mass is 16.6. The van der Waals surface area contributed by atoms with E-state index in [0.29, 0.717) is 17.1 Å². The smallest absolute Gasteiger partial charge is 0.348 e. The average molecular weight is 360 g/mol. The van der Waals surface area contributed by atoms with Gasteiger partial charge in [0, 0.05) is 31.8 Å². The van der Waals surface area contributed by atoms with E-state index in [-0.39, 0.29) is 18.8 Å². The average Bonchev–Trinajstić information content (AvgIpc) is 3.20. The fourth-order valence-electron chi connectivity index (χ4n) is 2.81. The summed E-state index contributed by atoms with van der Waals surface area (Å²) in [4.78, 5) is 14.3. The van der Waals surface area contributed by atoms with Gasteiger partial charge in [-0.3, -0.25) is 0 Å². The number of nitrogens with zero attached hydrogens (tertiary/aromatic N) is 2. The molecule has 0 amide bonds. The van der Waals surface area contributed by atoms with Crippen LogP contribution in [0.15, 0.2) is 17.7 Å². The first-order valence-electron chi connectivity index (χ1n) is 8.43. The van der Waals surface area contributed by atoms with Gasteiger partial charge in [-0.1, -0.05) is 0 Å². The first kappa shape index (κ1) is 19.6. The fraction of sp³-hybridized carbons (Fsp3) is 0.474. The van der Waals surface area contributed by atoms with Gasteiger partial charge in [-0.15, -0.1) is 0 Å². The number of anilines is 1. The van der Waals surface area contributed by atoms with Gasteiger partial charge in [-0.25, -0.2) is 4.79 Å². The van der Waals surface area contributed by atoms with Gasteiger partial charge in [0.05, 0.1) is 26.5 Å². The lowest BCUT2D eigenvalue weighted by molar-refractivity contribution is -0.139. The molecule has 0 N–H and O–H groups in total. The van der Waals surface area contributed by atoms with E-state index in [2.05, 4.69) is 4.90 Å². The molecule has 0 spiro atoms. The van der Waals surface area contributed by atoms with Gasteiger partial charge in [0.2, 0.25) is 0 Å². The summed E-state index contributed by atoms with van der Waals surface area (Å²) in [6, 6.07) is 5.52. The van der Waals surface area contributed by atoms with Crippen LogP contribution in [0.4, 0.5) is 5.69 Å².